The van der Waals surface area contributed by atoms with E-state index in [0.717, 1.165) is 54.8 Å². The number of aliphatic imine (C=N–C) groups is 1. The maximum Gasteiger partial charge on any atom is 0.335 e. The van der Waals surface area contributed by atoms with Gasteiger partial charge in [0.1, 0.15) is 5.75 Å². The number of aromatic carboxylic acids is 1. The van der Waals surface area contributed by atoms with Crippen molar-refractivity contribution in [1.82, 2.24) is 4.90 Å². The molecule has 0 aliphatic carbocycles. The molecule has 0 amide bonds. The molecule has 7 nitrogen and oxygen atoms in total. The van der Waals surface area contributed by atoms with E-state index >= 15 is 0 Å². The molecule has 3 aromatic carbocycles. The summed E-state index contributed by atoms with van der Waals surface area (Å²) in [6.07, 6.45) is 0. The van der Waals surface area contributed by atoms with Crippen LogP contribution in [0.5, 0.6) is 5.75 Å². The molecule has 0 unspecified atom stereocenters. The van der Waals surface area contributed by atoms with E-state index in [1.54, 1.807) is 31.4 Å². The number of carboxylic acid groups (broad SMARTS) is 1. The smallest absolute Gasteiger partial charge is 0.335 e. The fourth-order valence-electron chi connectivity index (χ4n) is 3.78. The zero-order valence-electron chi connectivity index (χ0n) is 18.6. The summed E-state index contributed by atoms with van der Waals surface area (Å²) in [5.41, 5.74) is 3.35. The van der Waals surface area contributed by atoms with Crippen LogP contribution in [0, 0.1) is 0 Å². The van der Waals surface area contributed by atoms with Crippen molar-refractivity contribution in [1.29, 1.82) is 0 Å². The molecule has 0 atom stereocenters. The third-order valence-corrected chi connectivity index (χ3v) is 5.64. The van der Waals surface area contributed by atoms with Gasteiger partial charge in [0.25, 0.3) is 0 Å². The van der Waals surface area contributed by atoms with Crippen LogP contribution in [0.25, 0.3) is 0 Å². The van der Waals surface area contributed by atoms with Gasteiger partial charge in [-0.2, -0.15) is 0 Å². The maximum absolute atomic E-state index is 11.2. The van der Waals surface area contributed by atoms with Crippen molar-refractivity contribution < 1.29 is 14.6 Å². The van der Waals surface area contributed by atoms with Gasteiger partial charge in [-0.15, -0.1) is 0 Å². The van der Waals surface area contributed by atoms with Gasteiger partial charge < -0.3 is 25.0 Å². The Balaban J connectivity index is 1.48. The zero-order chi connectivity index (χ0) is 23.0. The maximum atomic E-state index is 11.2. The van der Waals surface area contributed by atoms with Crippen molar-refractivity contribution in [2.24, 2.45) is 4.99 Å². The van der Waals surface area contributed by atoms with E-state index in [4.69, 9.17) is 14.8 Å². The number of anilines is 2. The largest absolute Gasteiger partial charge is 0.497 e. The van der Waals surface area contributed by atoms with Crippen LogP contribution in [0.1, 0.15) is 15.9 Å². The topological polar surface area (TPSA) is 77.4 Å². The summed E-state index contributed by atoms with van der Waals surface area (Å²) in [6.45, 7) is 3.90. The van der Waals surface area contributed by atoms with Crippen molar-refractivity contribution in [2.45, 2.75) is 6.54 Å². The fourth-order valence-corrected chi connectivity index (χ4v) is 3.78. The fraction of sp³-hybridized carbons (Fsp3) is 0.231. The summed E-state index contributed by atoms with van der Waals surface area (Å²) in [5.74, 6) is 0.701. The number of guanidine groups is 1. The summed E-state index contributed by atoms with van der Waals surface area (Å²) < 4.78 is 5.37. The first-order valence-corrected chi connectivity index (χ1v) is 10.9. The molecule has 170 valence electrons. The molecule has 1 heterocycles. The third kappa shape index (κ3) is 5.83. The molecular formula is C26H28N4O3. The molecule has 7 heteroatoms. The Morgan fingerprint density at radius 2 is 1.70 bits per heavy atom. The predicted octanol–water partition coefficient (Wildman–Crippen LogP) is 4.18. The third-order valence-electron chi connectivity index (χ3n) is 5.64. The number of rotatable bonds is 6. The zero-order valence-corrected chi connectivity index (χ0v) is 18.6. The monoisotopic (exact) mass is 444 g/mol. The Labute approximate surface area is 193 Å². The van der Waals surface area contributed by atoms with Crippen LogP contribution in [0.3, 0.4) is 0 Å². The lowest BCUT2D eigenvalue weighted by molar-refractivity contribution is 0.0697. The second kappa shape index (κ2) is 10.5. The van der Waals surface area contributed by atoms with Gasteiger partial charge in [-0.3, -0.25) is 0 Å². The van der Waals surface area contributed by atoms with Gasteiger partial charge in [-0.1, -0.05) is 36.4 Å². The molecule has 0 saturated carbocycles. The van der Waals surface area contributed by atoms with Crippen molar-refractivity contribution in [2.75, 3.05) is 43.5 Å². The van der Waals surface area contributed by atoms with E-state index in [2.05, 4.69) is 39.4 Å². The number of nitrogens with one attached hydrogen (secondary N) is 1. The normalized spacial score (nSPS) is 14.2. The Bertz CT molecular complexity index is 1090. The Hall–Kier alpha value is -4.00. The number of hydrogen-bond donors (Lipinski definition) is 2. The van der Waals surface area contributed by atoms with Gasteiger partial charge >= 0.3 is 5.97 Å². The van der Waals surface area contributed by atoms with Crippen LogP contribution < -0.4 is 15.0 Å². The lowest BCUT2D eigenvalue weighted by Crippen LogP contribution is -2.50. The minimum Gasteiger partial charge on any atom is -0.497 e. The van der Waals surface area contributed by atoms with Crippen molar-refractivity contribution in [3.63, 3.8) is 0 Å². The summed E-state index contributed by atoms with van der Waals surface area (Å²) in [5, 5.41) is 12.6. The highest BCUT2D eigenvalue weighted by atomic mass is 16.5. The SMILES string of the molecule is COc1cccc(N2CCN(C(=NCc3ccccc3)Nc3ccc(C(=O)O)cc3)CC2)c1. The second-order valence-corrected chi connectivity index (χ2v) is 7.81. The Morgan fingerprint density at radius 3 is 2.36 bits per heavy atom. The average molecular weight is 445 g/mol. The molecule has 0 radical (unpaired) electrons. The highest BCUT2D eigenvalue weighted by Crippen LogP contribution is 2.22. The lowest BCUT2D eigenvalue weighted by atomic mass is 10.2. The quantitative estimate of drug-likeness (QED) is 0.439. The molecular weight excluding hydrogens is 416 g/mol. The number of carbonyl (C=O) groups is 1. The molecule has 1 saturated heterocycles. The van der Waals surface area contributed by atoms with E-state index in [-0.39, 0.29) is 5.56 Å². The van der Waals surface area contributed by atoms with Crippen LogP contribution in [0.2, 0.25) is 0 Å². The summed E-state index contributed by atoms with van der Waals surface area (Å²) >= 11 is 0. The van der Waals surface area contributed by atoms with Gasteiger partial charge in [-0.05, 0) is 42.0 Å². The van der Waals surface area contributed by atoms with Crippen LogP contribution in [-0.4, -0.2) is 55.2 Å². The number of hydrogen-bond acceptors (Lipinski definition) is 4. The van der Waals surface area contributed by atoms with Crippen LogP contribution in [0.4, 0.5) is 11.4 Å². The molecule has 1 aliphatic heterocycles. The molecule has 0 aromatic heterocycles. The van der Waals surface area contributed by atoms with Crippen molar-refractivity contribution in [3.05, 3.63) is 90.0 Å². The number of ether oxygens (including phenoxy) is 1. The predicted molar refractivity (Wildman–Crippen MR) is 131 cm³/mol. The highest BCUT2D eigenvalue weighted by Gasteiger charge is 2.21. The minimum atomic E-state index is -0.937. The van der Waals surface area contributed by atoms with Crippen LogP contribution >= 0.6 is 0 Å². The van der Waals surface area contributed by atoms with Crippen molar-refractivity contribution in [3.8, 4) is 5.75 Å². The number of carboxylic acids is 1. The molecule has 3 aromatic rings. The van der Waals surface area contributed by atoms with Gasteiger partial charge in [0, 0.05) is 43.6 Å². The standard InChI is InChI=1S/C26H28N4O3/c1-33-24-9-5-8-23(18-24)29-14-16-30(17-15-29)26(27-19-20-6-3-2-4-7-20)28-22-12-10-21(11-13-22)25(31)32/h2-13,18H,14-17,19H2,1H3,(H,27,28)(H,31,32). The molecule has 0 spiro atoms. The van der Waals surface area contributed by atoms with Crippen LogP contribution in [0.15, 0.2) is 83.9 Å². The molecule has 4 rings (SSSR count). The lowest BCUT2D eigenvalue weighted by Gasteiger charge is -2.38. The minimum absolute atomic E-state index is 0.259. The van der Waals surface area contributed by atoms with E-state index < -0.39 is 5.97 Å². The number of piperazine rings is 1. The molecule has 0 bridgehead atoms. The van der Waals surface area contributed by atoms with Gasteiger partial charge in [0.2, 0.25) is 0 Å². The first-order valence-electron chi connectivity index (χ1n) is 10.9. The average Bonchev–Trinajstić information content (AvgIpc) is 2.87. The van der Waals surface area contributed by atoms with Crippen LogP contribution in [-0.2, 0) is 6.54 Å². The molecule has 1 aliphatic rings. The van der Waals surface area contributed by atoms with Gasteiger partial charge in [0.05, 0.1) is 19.2 Å². The van der Waals surface area contributed by atoms with E-state index in [1.807, 2.05) is 30.3 Å². The van der Waals surface area contributed by atoms with E-state index in [0.29, 0.717) is 6.54 Å². The first kappa shape index (κ1) is 22.2. The molecule has 1 fully saturated rings. The van der Waals surface area contributed by atoms with Crippen molar-refractivity contribution >= 4 is 23.3 Å². The summed E-state index contributed by atoms with van der Waals surface area (Å²) in [4.78, 5) is 20.6. The highest BCUT2D eigenvalue weighted by molar-refractivity contribution is 5.95. The number of nitrogens with zero attached hydrogens (tertiary/aromatic N) is 3. The Kier molecular flexibility index (Phi) is 7.09. The number of methoxy groups -OCH3 is 1. The Morgan fingerprint density at radius 1 is 0.970 bits per heavy atom. The number of benzene rings is 3. The van der Waals surface area contributed by atoms with Gasteiger partial charge in [0.15, 0.2) is 5.96 Å². The molecule has 33 heavy (non-hydrogen) atoms. The summed E-state index contributed by atoms with van der Waals surface area (Å²) in [6, 6.07) is 25.0. The van der Waals surface area contributed by atoms with E-state index in [1.165, 1.54) is 0 Å². The second-order valence-electron chi connectivity index (χ2n) is 7.81. The first-order chi connectivity index (χ1) is 16.1. The van der Waals surface area contributed by atoms with Gasteiger partial charge in [-0.25, -0.2) is 9.79 Å². The molecule has 2 N–H and O–H groups in total. The van der Waals surface area contributed by atoms with E-state index in [9.17, 15) is 4.79 Å². The summed E-state index contributed by atoms with van der Waals surface area (Å²) in [7, 11) is 1.68.